The van der Waals surface area contributed by atoms with Gasteiger partial charge < -0.3 is 10.8 Å². The smallest absolute Gasteiger partial charge is 0.0540 e. The van der Waals surface area contributed by atoms with Crippen LogP contribution >= 0.6 is 0 Å². The molecule has 2 heteroatoms. The minimum Gasteiger partial charge on any atom is -0.399 e. The number of nitrogen functional groups attached to an aromatic ring is 1. The topological polar surface area (TPSA) is 46.2 Å². The quantitative estimate of drug-likeness (QED) is 0.561. The third kappa shape index (κ3) is 2.33. The molecule has 0 aromatic heterocycles. The zero-order valence-electron chi connectivity index (χ0n) is 8.90. The Hall–Kier alpha value is -1.98. The summed E-state index contributed by atoms with van der Waals surface area (Å²) in [6, 6.07) is 11.8. The van der Waals surface area contributed by atoms with Crippen molar-refractivity contribution in [3.63, 3.8) is 0 Å². The molecule has 16 heavy (non-hydrogen) atoms. The lowest BCUT2D eigenvalue weighted by Gasteiger charge is -1.99. The van der Waals surface area contributed by atoms with Gasteiger partial charge in [0, 0.05) is 17.7 Å². The highest BCUT2D eigenvalue weighted by molar-refractivity contribution is 5.86. The van der Waals surface area contributed by atoms with Crippen LogP contribution < -0.4 is 5.73 Å². The summed E-state index contributed by atoms with van der Waals surface area (Å²) in [5.41, 5.74) is 7.44. The number of aliphatic hydroxyl groups is 1. The van der Waals surface area contributed by atoms with Gasteiger partial charge in [-0.05, 0) is 35.0 Å². The number of hydrogen-bond donors (Lipinski definition) is 2. The molecule has 80 valence electrons. The average molecular weight is 211 g/mol. The Balaban J connectivity index is 2.38. The van der Waals surface area contributed by atoms with Gasteiger partial charge in [-0.25, -0.2) is 0 Å². The first-order valence-electron chi connectivity index (χ1n) is 5.18. The normalized spacial score (nSPS) is 9.81. The molecule has 2 rings (SSSR count). The van der Waals surface area contributed by atoms with Crippen molar-refractivity contribution in [1.82, 2.24) is 0 Å². The largest absolute Gasteiger partial charge is 0.399 e. The fourth-order valence-electron chi connectivity index (χ4n) is 1.56. The van der Waals surface area contributed by atoms with Gasteiger partial charge in [-0.1, -0.05) is 24.0 Å². The first-order valence-corrected chi connectivity index (χ1v) is 5.18. The van der Waals surface area contributed by atoms with Crippen LogP contribution in [0.2, 0.25) is 0 Å². The lowest BCUT2D eigenvalue weighted by Crippen LogP contribution is -1.84. The fraction of sp³-hybridized carbons (Fsp3) is 0.143. The second-order valence-corrected chi connectivity index (χ2v) is 3.60. The highest BCUT2D eigenvalue weighted by Crippen LogP contribution is 2.18. The van der Waals surface area contributed by atoms with E-state index in [1.54, 1.807) is 0 Å². The van der Waals surface area contributed by atoms with Crippen molar-refractivity contribution in [2.24, 2.45) is 0 Å². The van der Waals surface area contributed by atoms with Gasteiger partial charge in [-0.15, -0.1) is 0 Å². The molecule has 2 aromatic carbocycles. The molecule has 0 heterocycles. The van der Waals surface area contributed by atoms with Crippen LogP contribution in [0.15, 0.2) is 36.4 Å². The van der Waals surface area contributed by atoms with E-state index in [2.05, 4.69) is 11.8 Å². The van der Waals surface area contributed by atoms with Crippen LogP contribution in [0, 0.1) is 11.8 Å². The SMILES string of the molecule is Nc1ccc2cc(C#CCCO)ccc2c1. The van der Waals surface area contributed by atoms with Crippen LogP contribution in [0.4, 0.5) is 5.69 Å². The van der Waals surface area contributed by atoms with Crippen molar-refractivity contribution in [3.05, 3.63) is 42.0 Å². The average Bonchev–Trinajstić information content (AvgIpc) is 2.29. The number of fused-ring (bicyclic) bond motifs is 1. The molecule has 2 aromatic rings. The van der Waals surface area contributed by atoms with Crippen LogP contribution in [0.5, 0.6) is 0 Å². The third-order valence-electron chi connectivity index (χ3n) is 2.33. The van der Waals surface area contributed by atoms with Crippen molar-refractivity contribution in [2.45, 2.75) is 6.42 Å². The molecule has 0 aliphatic carbocycles. The molecular weight excluding hydrogens is 198 g/mol. The standard InChI is InChI=1S/C14H13NO/c15-14-7-6-12-9-11(3-1-2-8-16)4-5-13(12)10-14/h4-7,9-10,16H,2,8,15H2. The summed E-state index contributed by atoms with van der Waals surface area (Å²) in [6.45, 7) is 0.108. The van der Waals surface area contributed by atoms with Gasteiger partial charge >= 0.3 is 0 Å². The number of nitrogens with two attached hydrogens (primary N) is 1. The van der Waals surface area contributed by atoms with Gasteiger partial charge in [0.05, 0.1) is 6.61 Å². The Morgan fingerprint density at radius 2 is 1.81 bits per heavy atom. The summed E-state index contributed by atoms with van der Waals surface area (Å²) in [4.78, 5) is 0. The van der Waals surface area contributed by atoms with E-state index >= 15 is 0 Å². The van der Waals surface area contributed by atoms with Gasteiger partial charge in [0.15, 0.2) is 0 Å². The summed E-state index contributed by atoms with van der Waals surface area (Å²) in [6.07, 6.45) is 0.514. The van der Waals surface area contributed by atoms with E-state index in [0.717, 1.165) is 22.0 Å². The minimum atomic E-state index is 0.108. The van der Waals surface area contributed by atoms with Gasteiger partial charge in [0.1, 0.15) is 0 Å². The molecular formula is C14H13NO. The molecule has 0 atom stereocenters. The van der Waals surface area contributed by atoms with Gasteiger partial charge in [0.2, 0.25) is 0 Å². The summed E-state index contributed by atoms with van der Waals surface area (Å²) in [5, 5.41) is 10.9. The Labute approximate surface area is 94.7 Å². The predicted molar refractivity (Wildman–Crippen MR) is 66.9 cm³/mol. The minimum absolute atomic E-state index is 0.108. The molecule has 0 fully saturated rings. The second-order valence-electron chi connectivity index (χ2n) is 3.60. The van der Waals surface area contributed by atoms with Crippen LogP contribution in [0.1, 0.15) is 12.0 Å². The Kier molecular flexibility index (Phi) is 3.09. The van der Waals surface area contributed by atoms with E-state index < -0.39 is 0 Å². The summed E-state index contributed by atoms with van der Waals surface area (Å²) >= 11 is 0. The maximum Gasteiger partial charge on any atom is 0.0540 e. The molecule has 0 saturated carbocycles. The van der Waals surface area contributed by atoms with E-state index in [0.29, 0.717) is 6.42 Å². The van der Waals surface area contributed by atoms with Gasteiger partial charge in [0.25, 0.3) is 0 Å². The zero-order valence-corrected chi connectivity index (χ0v) is 8.90. The Morgan fingerprint density at radius 3 is 2.62 bits per heavy atom. The third-order valence-corrected chi connectivity index (χ3v) is 2.33. The zero-order chi connectivity index (χ0) is 11.4. The van der Waals surface area contributed by atoms with E-state index in [1.165, 1.54) is 0 Å². The van der Waals surface area contributed by atoms with E-state index in [1.807, 2.05) is 36.4 Å². The Morgan fingerprint density at radius 1 is 1.06 bits per heavy atom. The maximum atomic E-state index is 8.63. The van der Waals surface area contributed by atoms with Crippen molar-refractivity contribution < 1.29 is 5.11 Å². The summed E-state index contributed by atoms with van der Waals surface area (Å²) < 4.78 is 0. The highest BCUT2D eigenvalue weighted by atomic mass is 16.2. The number of aliphatic hydroxyl groups excluding tert-OH is 1. The fourth-order valence-corrected chi connectivity index (χ4v) is 1.56. The molecule has 0 amide bonds. The summed E-state index contributed by atoms with van der Waals surface area (Å²) in [7, 11) is 0. The first kappa shape index (κ1) is 10.5. The van der Waals surface area contributed by atoms with Crippen LogP contribution in [0.25, 0.3) is 10.8 Å². The monoisotopic (exact) mass is 211 g/mol. The first-order chi connectivity index (χ1) is 7.79. The van der Waals surface area contributed by atoms with E-state index in [9.17, 15) is 0 Å². The molecule has 0 radical (unpaired) electrons. The molecule has 0 aliphatic rings. The van der Waals surface area contributed by atoms with Gasteiger partial charge in [-0.2, -0.15) is 0 Å². The van der Waals surface area contributed by atoms with Crippen molar-refractivity contribution in [2.75, 3.05) is 12.3 Å². The second kappa shape index (κ2) is 4.69. The number of benzene rings is 2. The number of hydrogen-bond acceptors (Lipinski definition) is 2. The Bertz CT molecular complexity index is 564. The van der Waals surface area contributed by atoms with Crippen molar-refractivity contribution in [1.29, 1.82) is 0 Å². The summed E-state index contributed by atoms with van der Waals surface area (Å²) in [5.74, 6) is 5.91. The van der Waals surface area contributed by atoms with Crippen LogP contribution in [-0.2, 0) is 0 Å². The maximum absolute atomic E-state index is 8.63. The molecule has 3 N–H and O–H groups in total. The van der Waals surface area contributed by atoms with Gasteiger partial charge in [-0.3, -0.25) is 0 Å². The molecule has 2 nitrogen and oxygen atoms in total. The number of rotatable bonds is 1. The van der Waals surface area contributed by atoms with Crippen molar-refractivity contribution >= 4 is 16.5 Å². The van der Waals surface area contributed by atoms with E-state index in [-0.39, 0.29) is 6.61 Å². The highest BCUT2D eigenvalue weighted by Gasteiger charge is 1.94. The molecule has 0 spiro atoms. The molecule has 0 unspecified atom stereocenters. The predicted octanol–water partition coefficient (Wildman–Crippen LogP) is 2.16. The lowest BCUT2D eigenvalue weighted by atomic mass is 10.1. The van der Waals surface area contributed by atoms with Crippen LogP contribution in [0.3, 0.4) is 0 Å². The lowest BCUT2D eigenvalue weighted by molar-refractivity contribution is 0.305. The molecule has 0 bridgehead atoms. The van der Waals surface area contributed by atoms with Crippen LogP contribution in [-0.4, -0.2) is 11.7 Å². The molecule has 0 aliphatic heterocycles. The van der Waals surface area contributed by atoms with E-state index in [4.69, 9.17) is 10.8 Å². The number of anilines is 1. The van der Waals surface area contributed by atoms with Crippen molar-refractivity contribution in [3.8, 4) is 11.8 Å². The molecule has 0 saturated heterocycles.